The Bertz CT molecular complexity index is 1060. The fraction of sp³-hybridized carbons (Fsp3) is 0.370. The molecule has 154 valence electrons. The molecule has 0 spiro atoms. The van der Waals surface area contributed by atoms with Crippen molar-refractivity contribution in [2.45, 2.75) is 57.4 Å². The van der Waals surface area contributed by atoms with Gasteiger partial charge in [-0.25, -0.2) is 0 Å². The molecule has 0 saturated heterocycles. The molecule has 2 aliphatic carbocycles. The number of carbonyl (C=O) groups is 1. The van der Waals surface area contributed by atoms with Crippen molar-refractivity contribution in [3.8, 4) is 0 Å². The van der Waals surface area contributed by atoms with E-state index in [1.54, 1.807) is 5.56 Å². The molecule has 0 unspecified atom stereocenters. The Hall–Kier alpha value is -2.81. The minimum absolute atomic E-state index is 0.113. The summed E-state index contributed by atoms with van der Waals surface area (Å²) in [5, 5.41) is 1.09. The number of H-pyrrole nitrogens is 1. The van der Waals surface area contributed by atoms with E-state index in [0.717, 1.165) is 30.3 Å². The quantitative estimate of drug-likeness (QED) is 0.508. The van der Waals surface area contributed by atoms with Gasteiger partial charge in [-0.1, -0.05) is 54.1 Å². The van der Waals surface area contributed by atoms with Crippen LogP contribution >= 0.6 is 0 Å². The summed E-state index contributed by atoms with van der Waals surface area (Å²) in [6.07, 6.45) is 9.42. The molecule has 0 bridgehead atoms. The molecule has 1 amide bonds. The highest BCUT2D eigenvalue weighted by Gasteiger charge is 2.28. The van der Waals surface area contributed by atoms with Crippen molar-refractivity contribution < 1.29 is 4.79 Å². The van der Waals surface area contributed by atoms with Crippen LogP contribution in [0.5, 0.6) is 0 Å². The first kappa shape index (κ1) is 19.2. The Balaban J connectivity index is 1.35. The lowest BCUT2D eigenvalue weighted by Gasteiger charge is -2.32. The Morgan fingerprint density at radius 3 is 2.77 bits per heavy atom. The first-order valence-electron chi connectivity index (χ1n) is 11.4. The van der Waals surface area contributed by atoms with Crippen molar-refractivity contribution in [2.75, 3.05) is 6.54 Å². The van der Waals surface area contributed by atoms with Crippen molar-refractivity contribution >= 4 is 16.8 Å². The average molecular weight is 399 g/mol. The van der Waals surface area contributed by atoms with E-state index in [-0.39, 0.29) is 11.9 Å². The summed E-state index contributed by atoms with van der Waals surface area (Å²) in [5.41, 5.74) is 6.33. The van der Waals surface area contributed by atoms with Crippen molar-refractivity contribution in [1.82, 2.24) is 9.88 Å². The number of nitrogens with zero attached hydrogens (tertiary/aromatic N) is 1. The van der Waals surface area contributed by atoms with E-state index in [0.29, 0.717) is 11.6 Å². The topological polar surface area (TPSA) is 36.1 Å². The third-order valence-electron chi connectivity index (χ3n) is 6.95. The van der Waals surface area contributed by atoms with Gasteiger partial charge >= 0.3 is 0 Å². The SMILES string of the molecule is CCN(C(=O)c1cc2ccccc2[nH]1)[C@H]1C=C(C[C@@H]2CCc3ccccc32)CCC1. The van der Waals surface area contributed by atoms with Crippen LogP contribution in [0.2, 0.25) is 0 Å². The molecular weight excluding hydrogens is 368 g/mol. The fourth-order valence-corrected chi connectivity index (χ4v) is 5.44. The van der Waals surface area contributed by atoms with E-state index in [1.165, 1.54) is 36.8 Å². The van der Waals surface area contributed by atoms with Crippen molar-refractivity contribution in [3.63, 3.8) is 0 Å². The Kier molecular flexibility index (Phi) is 5.20. The van der Waals surface area contributed by atoms with Gasteiger partial charge < -0.3 is 9.88 Å². The molecular formula is C27H30N2O. The van der Waals surface area contributed by atoms with E-state index >= 15 is 0 Å². The third-order valence-corrected chi connectivity index (χ3v) is 6.95. The summed E-state index contributed by atoms with van der Waals surface area (Å²) in [5.74, 6) is 0.757. The number of allylic oxidation sites excluding steroid dienone is 1. The molecule has 0 fully saturated rings. The third kappa shape index (κ3) is 3.58. The van der Waals surface area contributed by atoms with Crippen molar-refractivity contribution in [1.29, 1.82) is 0 Å². The lowest BCUT2D eigenvalue weighted by molar-refractivity contribution is 0.0706. The van der Waals surface area contributed by atoms with Crippen LogP contribution in [0.15, 0.2) is 66.2 Å². The van der Waals surface area contributed by atoms with Gasteiger partial charge in [-0.2, -0.15) is 0 Å². The summed E-state index contributed by atoms with van der Waals surface area (Å²) >= 11 is 0. The van der Waals surface area contributed by atoms with Gasteiger partial charge in [0.1, 0.15) is 5.69 Å². The van der Waals surface area contributed by atoms with Gasteiger partial charge in [-0.3, -0.25) is 4.79 Å². The summed E-state index contributed by atoms with van der Waals surface area (Å²) in [4.78, 5) is 18.7. The van der Waals surface area contributed by atoms with Gasteiger partial charge in [0, 0.05) is 17.4 Å². The molecule has 3 heteroatoms. The molecule has 0 radical (unpaired) electrons. The van der Waals surface area contributed by atoms with Crippen molar-refractivity contribution in [2.24, 2.45) is 0 Å². The van der Waals surface area contributed by atoms with Crippen LogP contribution in [0.1, 0.15) is 66.6 Å². The standard InChI is InChI=1S/C27H30N2O/c1-2-29(27(30)26-18-22-10-4-6-13-25(22)28-26)23-11-7-8-19(17-23)16-21-15-14-20-9-3-5-12-24(20)21/h3-6,9-10,12-13,17-18,21,23,28H,2,7-8,11,14-16H2,1H3/t21-,23+/m0/s1. The number of nitrogens with one attached hydrogen (secondary N) is 1. The van der Waals surface area contributed by atoms with E-state index in [4.69, 9.17) is 0 Å². The number of likely N-dealkylation sites (N-methyl/N-ethyl adjacent to an activating group) is 1. The minimum Gasteiger partial charge on any atom is -0.351 e. The Morgan fingerprint density at radius 2 is 1.90 bits per heavy atom. The van der Waals surface area contributed by atoms with Crippen LogP contribution < -0.4 is 0 Å². The highest BCUT2D eigenvalue weighted by atomic mass is 16.2. The Morgan fingerprint density at radius 1 is 1.07 bits per heavy atom. The maximum Gasteiger partial charge on any atom is 0.270 e. The second-order valence-electron chi connectivity index (χ2n) is 8.78. The van der Waals surface area contributed by atoms with Crippen LogP contribution in [0.4, 0.5) is 0 Å². The largest absolute Gasteiger partial charge is 0.351 e. The van der Waals surface area contributed by atoms with Gasteiger partial charge in [-0.15, -0.1) is 0 Å². The van der Waals surface area contributed by atoms with Gasteiger partial charge in [0.25, 0.3) is 5.91 Å². The normalized spacial score (nSPS) is 20.8. The molecule has 5 rings (SSSR count). The minimum atomic E-state index is 0.113. The number of aryl methyl sites for hydroxylation is 1. The maximum absolute atomic E-state index is 13.3. The molecule has 2 aromatic carbocycles. The number of rotatable bonds is 5. The average Bonchev–Trinajstić information content (AvgIpc) is 3.39. The number of aromatic nitrogens is 1. The second-order valence-corrected chi connectivity index (χ2v) is 8.78. The van der Waals surface area contributed by atoms with E-state index < -0.39 is 0 Å². The number of hydrogen-bond donors (Lipinski definition) is 1. The first-order chi connectivity index (χ1) is 14.7. The lowest BCUT2D eigenvalue weighted by Crippen LogP contribution is -2.40. The number of hydrogen-bond acceptors (Lipinski definition) is 1. The molecule has 1 heterocycles. The smallest absolute Gasteiger partial charge is 0.270 e. The molecule has 0 saturated carbocycles. The number of amides is 1. The highest BCUT2D eigenvalue weighted by Crippen LogP contribution is 2.39. The van der Waals surface area contributed by atoms with Crippen molar-refractivity contribution in [3.05, 3.63) is 83.1 Å². The van der Waals surface area contributed by atoms with Gasteiger partial charge in [0.05, 0.1) is 6.04 Å². The van der Waals surface area contributed by atoms with Gasteiger partial charge in [0.15, 0.2) is 0 Å². The number of benzene rings is 2. The lowest BCUT2D eigenvalue weighted by atomic mass is 9.86. The molecule has 2 atom stereocenters. The number of aromatic amines is 1. The molecule has 1 aromatic heterocycles. The van der Waals surface area contributed by atoms with Crippen LogP contribution in [-0.2, 0) is 6.42 Å². The molecule has 2 aliphatic rings. The summed E-state index contributed by atoms with van der Waals surface area (Å²) in [6, 6.07) is 19.2. The second kappa shape index (κ2) is 8.14. The number of carbonyl (C=O) groups excluding carboxylic acids is 1. The molecule has 1 N–H and O–H groups in total. The molecule has 3 nitrogen and oxygen atoms in total. The van der Waals surface area contributed by atoms with Crippen LogP contribution in [-0.4, -0.2) is 28.4 Å². The number of para-hydroxylation sites is 1. The van der Waals surface area contributed by atoms with Crippen LogP contribution in [0.3, 0.4) is 0 Å². The van der Waals surface area contributed by atoms with E-state index in [9.17, 15) is 4.79 Å². The summed E-state index contributed by atoms with van der Waals surface area (Å²) in [6.45, 7) is 2.82. The number of fused-ring (bicyclic) bond motifs is 2. The zero-order chi connectivity index (χ0) is 20.5. The zero-order valence-corrected chi connectivity index (χ0v) is 17.7. The van der Waals surface area contributed by atoms with Crippen LogP contribution in [0, 0.1) is 0 Å². The zero-order valence-electron chi connectivity index (χ0n) is 17.7. The monoisotopic (exact) mass is 398 g/mol. The predicted octanol–water partition coefficient (Wildman–Crippen LogP) is 6.23. The summed E-state index contributed by atoms with van der Waals surface area (Å²) in [7, 11) is 0. The first-order valence-corrected chi connectivity index (χ1v) is 11.4. The molecule has 3 aromatic rings. The fourth-order valence-electron chi connectivity index (χ4n) is 5.44. The molecule has 30 heavy (non-hydrogen) atoms. The molecule has 0 aliphatic heterocycles. The maximum atomic E-state index is 13.3. The van der Waals surface area contributed by atoms with Gasteiger partial charge in [0.2, 0.25) is 0 Å². The van der Waals surface area contributed by atoms with Gasteiger partial charge in [-0.05, 0) is 74.6 Å². The highest BCUT2D eigenvalue weighted by molar-refractivity contribution is 5.98. The van der Waals surface area contributed by atoms with E-state index in [2.05, 4.69) is 48.3 Å². The Labute approximate surface area is 178 Å². The summed E-state index contributed by atoms with van der Waals surface area (Å²) < 4.78 is 0. The van der Waals surface area contributed by atoms with E-state index in [1.807, 2.05) is 29.2 Å². The van der Waals surface area contributed by atoms with Crippen LogP contribution in [0.25, 0.3) is 10.9 Å². The predicted molar refractivity (Wildman–Crippen MR) is 123 cm³/mol.